The number of rotatable bonds is 6. The van der Waals surface area contributed by atoms with E-state index in [1.165, 1.54) is 27.8 Å². The fraction of sp³-hybridized carbons (Fsp3) is 0.182. The van der Waals surface area contributed by atoms with Crippen LogP contribution in [0, 0.1) is 0 Å². The van der Waals surface area contributed by atoms with Crippen molar-refractivity contribution in [3.63, 3.8) is 0 Å². The van der Waals surface area contributed by atoms with Gasteiger partial charge in [-0.2, -0.15) is 5.90 Å². The van der Waals surface area contributed by atoms with Crippen molar-refractivity contribution in [3.05, 3.63) is 89.5 Å². The standard InChI is InChI=1S/C22H23NO/c1-2-17-8-12-20(13-9-17)21-14-10-18(11-15-21)6-7-19-4-3-5-22(16-19)24-23/h3-5,8-16H,2,6-7,23H2,1H3. The summed E-state index contributed by atoms with van der Waals surface area (Å²) in [5.74, 6) is 5.92. The largest absolute Gasteiger partial charge is 0.412 e. The van der Waals surface area contributed by atoms with E-state index in [-0.39, 0.29) is 0 Å². The van der Waals surface area contributed by atoms with Gasteiger partial charge in [0.05, 0.1) is 0 Å². The summed E-state index contributed by atoms with van der Waals surface area (Å²) in [5.41, 5.74) is 6.48. The summed E-state index contributed by atoms with van der Waals surface area (Å²) in [5, 5.41) is 0. The Labute approximate surface area is 143 Å². The molecule has 3 aromatic carbocycles. The van der Waals surface area contributed by atoms with Gasteiger partial charge in [0.25, 0.3) is 0 Å². The van der Waals surface area contributed by atoms with Crippen molar-refractivity contribution >= 4 is 0 Å². The maximum Gasteiger partial charge on any atom is 0.147 e. The molecule has 2 N–H and O–H groups in total. The van der Waals surface area contributed by atoms with Crippen LogP contribution in [0.5, 0.6) is 5.75 Å². The van der Waals surface area contributed by atoms with Crippen LogP contribution < -0.4 is 10.7 Å². The number of hydrogen-bond donors (Lipinski definition) is 1. The van der Waals surface area contributed by atoms with Crippen LogP contribution in [-0.2, 0) is 19.3 Å². The summed E-state index contributed by atoms with van der Waals surface area (Å²) < 4.78 is 0. The van der Waals surface area contributed by atoms with Crippen molar-refractivity contribution in [1.82, 2.24) is 0 Å². The third-order valence-corrected chi connectivity index (χ3v) is 4.39. The molecular weight excluding hydrogens is 294 g/mol. The van der Waals surface area contributed by atoms with E-state index in [2.05, 4.69) is 61.5 Å². The Hall–Kier alpha value is -2.58. The summed E-state index contributed by atoms with van der Waals surface area (Å²) in [4.78, 5) is 4.79. The molecule has 0 aliphatic rings. The van der Waals surface area contributed by atoms with Gasteiger partial charge in [-0.3, -0.25) is 0 Å². The highest BCUT2D eigenvalue weighted by Gasteiger charge is 2.01. The molecule has 0 fully saturated rings. The molecule has 2 heteroatoms. The zero-order chi connectivity index (χ0) is 16.8. The highest BCUT2D eigenvalue weighted by atomic mass is 16.6. The monoisotopic (exact) mass is 317 g/mol. The predicted octanol–water partition coefficient (Wildman–Crippen LogP) is 4.95. The van der Waals surface area contributed by atoms with Gasteiger partial charge in [0.1, 0.15) is 5.75 Å². The molecule has 0 amide bonds. The van der Waals surface area contributed by atoms with E-state index in [1.807, 2.05) is 18.2 Å². The van der Waals surface area contributed by atoms with E-state index in [9.17, 15) is 0 Å². The Morgan fingerprint density at radius 1 is 0.708 bits per heavy atom. The molecule has 0 atom stereocenters. The summed E-state index contributed by atoms with van der Waals surface area (Å²) in [6, 6.07) is 25.6. The van der Waals surface area contributed by atoms with Crippen LogP contribution in [0.3, 0.4) is 0 Å². The van der Waals surface area contributed by atoms with E-state index in [1.54, 1.807) is 0 Å². The van der Waals surface area contributed by atoms with Crippen molar-refractivity contribution in [3.8, 4) is 16.9 Å². The van der Waals surface area contributed by atoms with Crippen molar-refractivity contribution in [2.75, 3.05) is 0 Å². The molecular formula is C22H23NO. The third kappa shape index (κ3) is 4.03. The Kier molecular flexibility index (Phi) is 5.29. The summed E-state index contributed by atoms with van der Waals surface area (Å²) in [7, 11) is 0. The van der Waals surface area contributed by atoms with Crippen molar-refractivity contribution < 1.29 is 4.84 Å². The van der Waals surface area contributed by atoms with Crippen LogP contribution in [-0.4, -0.2) is 0 Å². The third-order valence-electron chi connectivity index (χ3n) is 4.39. The smallest absolute Gasteiger partial charge is 0.147 e. The van der Waals surface area contributed by atoms with Gasteiger partial charge in [0.2, 0.25) is 0 Å². The molecule has 0 radical (unpaired) electrons. The van der Waals surface area contributed by atoms with Crippen LogP contribution in [0.2, 0.25) is 0 Å². The molecule has 0 heterocycles. The summed E-state index contributed by atoms with van der Waals surface area (Å²) in [6.07, 6.45) is 3.06. The van der Waals surface area contributed by atoms with Crippen LogP contribution >= 0.6 is 0 Å². The van der Waals surface area contributed by atoms with Crippen LogP contribution in [0.25, 0.3) is 11.1 Å². The number of benzene rings is 3. The molecule has 24 heavy (non-hydrogen) atoms. The van der Waals surface area contributed by atoms with Crippen molar-refractivity contribution in [2.45, 2.75) is 26.2 Å². The molecule has 0 unspecified atom stereocenters. The Bertz CT molecular complexity index is 776. The van der Waals surface area contributed by atoms with Crippen molar-refractivity contribution in [2.24, 2.45) is 5.90 Å². The minimum Gasteiger partial charge on any atom is -0.412 e. The van der Waals surface area contributed by atoms with E-state index >= 15 is 0 Å². The van der Waals surface area contributed by atoms with Gasteiger partial charge in [0.15, 0.2) is 0 Å². The van der Waals surface area contributed by atoms with Gasteiger partial charge in [-0.25, -0.2) is 0 Å². The molecule has 122 valence electrons. The van der Waals surface area contributed by atoms with E-state index in [4.69, 9.17) is 10.7 Å². The van der Waals surface area contributed by atoms with Gasteiger partial charge in [-0.1, -0.05) is 67.6 Å². The molecule has 3 aromatic rings. The zero-order valence-corrected chi connectivity index (χ0v) is 14.0. The van der Waals surface area contributed by atoms with Crippen LogP contribution in [0.1, 0.15) is 23.6 Å². The first-order chi connectivity index (χ1) is 11.8. The average Bonchev–Trinajstić information content (AvgIpc) is 2.67. The van der Waals surface area contributed by atoms with Crippen LogP contribution in [0.4, 0.5) is 0 Å². The summed E-state index contributed by atoms with van der Waals surface area (Å²) >= 11 is 0. The number of aryl methyl sites for hydroxylation is 3. The molecule has 0 aliphatic heterocycles. The minimum atomic E-state index is 0.707. The lowest BCUT2D eigenvalue weighted by Crippen LogP contribution is -2.02. The Morgan fingerprint density at radius 3 is 1.88 bits per heavy atom. The van der Waals surface area contributed by atoms with Gasteiger partial charge >= 0.3 is 0 Å². The van der Waals surface area contributed by atoms with E-state index in [0.29, 0.717) is 5.75 Å². The fourth-order valence-electron chi connectivity index (χ4n) is 2.86. The first-order valence-electron chi connectivity index (χ1n) is 8.42. The zero-order valence-electron chi connectivity index (χ0n) is 14.0. The number of hydrogen-bond acceptors (Lipinski definition) is 2. The average molecular weight is 317 g/mol. The molecule has 0 saturated heterocycles. The normalized spacial score (nSPS) is 10.6. The summed E-state index contributed by atoms with van der Waals surface area (Å²) in [6.45, 7) is 2.18. The molecule has 0 saturated carbocycles. The lowest BCUT2D eigenvalue weighted by Gasteiger charge is -2.07. The molecule has 0 aliphatic carbocycles. The lowest BCUT2D eigenvalue weighted by atomic mass is 9.99. The van der Waals surface area contributed by atoms with Gasteiger partial charge in [-0.15, -0.1) is 0 Å². The number of nitrogens with two attached hydrogens (primary N) is 1. The Balaban J connectivity index is 1.65. The van der Waals surface area contributed by atoms with E-state index in [0.717, 1.165) is 19.3 Å². The van der Waals surface area contributed by atoms with E-state index < -0.39 is 0 Å². The van der Waals surface area contributed by atoms with Crippen molar-refractivity contribution in [1.29, 1.82) is 0 Å². The van der Waals surface area contributed by atoms with Crippen LogP contribution in [0.15, 0.2) is 72.8 Å². The second kappa shape index (κ2) is 7.80. The molecule has 2 nitrogen and oxygen atoms in total. The first-order valence-corrected chi connectivity index (χ1v) is 8.42. The molecule has 3 rings (SSSR count). The second-order valence-electron chi connectivity index (χ2n) is 6.01. The first kappa shape index (κ1) is 16.3. The second-order valence-corrected chi connectivity index (χ2v) is 6.01. The maximum atomic E-state index is 5.22. The topological polar surface area (TPSA) is 35.2 Å². The molecule has 0 aromatic heterocycles. The Morgan fingerprint density at radius 2 is 1.29 bits per heavy atom. The minimum absolute atomic E-state index is 0.707. The maximum absolute atomic E-state index is 5.22. The lowest BCUT2D eigenvalue weighted by molar-refractivity contribution is 0.334. The quantitative estimate of drug-likeness (QED) is 0.653. The highest BCUT2D eigenvalue weighted by Crippen LogP contribution is 2.21. The predicted molar refractivity (Wildman–Crippen MR) is 99.9 cm³/mol. The van der Waals surface area contributed by atoms with Gasteiger partial charge in [-0.05, 0) is 59.2 Å². The van der Waals surface area contributed by atoms with Gasteiger partial charge < -0.3 is 4.84 Å². The molecule has 0 spiro atoms. The fourth-order valence-corrected chi connectivity index (χ4v) is 2.86. The molecule has 0 bridgehead atoms. The SMILES string of the molecule is CCc1ccc(-c2ccc(CCc3cccc(ON)c3)cc2)cc1. The van der Waals surface area contributed by atoms with Gasteiger partial charge in [0, 0.05) is 0 Å². The highest BCUT2D eigenvalue weighted by molar-refractivity contribution is 5.64.